The molecule has 0 spiro atoms. The Bertz CT molecular complexity index is 473. The fourth-order valence-electron chi connectivity index (χ4n) is 3.84. The van der Waals surface area contributed by atoms with E-state index in [9.17, 15) is 4.79 Å². The highest BCUT2D eigenvalue weighted by Gasteiger charge is 2.38. The molecule has 1 aromatic carbocycles. The van der Waals surface area contributed by atoms with E-state index in [2.05, 4.69) is 36.2 Å². The van der Waals surface area contributed by atoms with E-state index in [0.29, 0.717) is 17.9 Å². The van der Waals surface area contributed by atoms with Gasteiger partial charge in [-0.2, -0.15) is 0 Å². The molecule has 0 amide bonds. The number of benzene rings is 1. The molecule has 120 valence electrons. The van der Waals surface area contributed by atoms with Gasteiger partial charge in [-0.05, 0) is 44.7 Å². The predicted molar refractivity (Wildman–Crippen MR) is 87.9 cm³/mol. The maximum absolute atomic E-state index is 12.5. The third-order valence-corrected chi connectivity index (χ3v) is 5.32. The van der Waals surface area contributed by atoms with Crippen LogP contribution in [0.2, 0.25) is 0 Å². The fourth-order valence-corrected chi connectivity index (χ4v) is 3.84. The average Bonchev–Trinajstić information content (AvgIpc) is 2.52. The summed E-state index contributed by atoms with van der Waals surface area (Å²) in [5.41, 5.74) is 1.38. The van der Waals surface area contributed by atoms with Crippen LogP contribution in [0.3, 0.4) is 0 Å². The molecule has 2 bridgehead atoms. The van der Waals surface area contributed by atoms with Crippen LogP contribution < -0.4 is 0 Å². The van der Waals surface area contributed by atoms with Crippen molar-refractivity contribution >= 4 is 5.78 Å². The molecule has 2 saturated heterocycles. The lowest BCUT2D eigenvalue weighted by Crippen LogP contribution is -2.55. The summed E-state index contributed by atoms with van der Waals surface area (Å²) in [6.07, 6.45) is 5.95. The van der Waals surface area contributed by atoms with Crippen LogP contribution in [-0.4, -0.2) is 43.0 Å². The first-order chi connectivity index (χ1) is 10.7. The Hall–Kier alpha value is -1.19. The number of fused-ring (bicyclic) bond motifs is 2. The number of unbranched alkanes of at least 4 members (excludes halogenated alkanes) is 1. The summed E-state index contributed by atoms with van der Waals surface area (Å²) in [4.78, 5) is 14.9. The van der Waals surface area contributed by atoms with Crippen LogP contribution in [0.5, 0.6) is 0 Å². The molecular weight excluding hydrogens is 274 g/mol. The molecule has 0 aromatic heterocycles. The van der Waals surface area contributed by atoms with Gasteiger partial charge < -0.3 is 4.74 Å². The third kappa shape index (κ3) is 3.76. The zero-order chi connectivity index (χ0) is 15.4. The molecule has 3 rings (SSSR count). The van der Waals surface area contributed by atoms with Gasteiger partial charge in [0.2, 0.25) is 0 Å². The quantitative estimate of drug-likeness (QED) is 0.756. The molecule has 2 aliphatic heterocycles. The number of nitrogens with zero attached hydrogens (tertiary/aromatic N) is 1. The highest BCUT2D eigenvalue weighted by Crippen LogP contribution is 2.31. The molecule has 0 aliphatic carbocycles. The Morgan fingerprint density at radius 1 is 1.14 bits per heavy atom. The van der Waals surface area contributed by atoms with E-state index in [-0.39, 0.29) is 5.92 Å². The number of ketones is 1. The Labute approximate surface area is 133 Å². The Morgan fingerprint density at radius 2 is 1.82 bits per heavy atom. The van der Waals surface area contributed by atoms with Gasteiger partial charge in [-0.15, -0.1) is 0 Å². The molecule has 2 atom stereocenters. The molecule has 2 unspecified atom stereocenters. The van der Waals surface area contributed by atoms with Crippen LogP contribution in [0.4, 0.5) is 0 Å². The predicted octanol–water partition coefficient (Wildman–Crippen LogP) is 3.08. The number of aryl methyl sites for hydroxylation is 1. The van der Waals surface area contributed by atoms with Crippen molar-refractivity contribution < 1.29 is 9.53 Å². The van der Waals surface area contributed by atoms with E-state index in [1.165, 1.54) is 5.56 Å². The molecule has 0 saturated carbocycles. The van der Waals surface area contributed by atoms with Gasteiger partial charge in [0.1, 0.15) is 5.78 Å². The third-order valence-electron chi connectivity index (χ3n) is 5.32. The summed E-state index contributed by atoms with van der Waals surface area (Å²) < 4.78 is 5.63. The smallest absolute Gasteiger partial charge is 0.136 e. The first-order valence-electron chi connectivity index (χ1n) is 8.60. The van der Waals surface area contributed by atoms with E-state index in [4.69, 9.17) is 4.74 Å². The highest BCUT2D eigenvalue weighted by molar-refractivity contribution is 5.81. The van der Waals surface area contributed by atoms with Crippen molar-refractivity contribution in [1.82, 2.24) is 4.90 Å². The van der Waals surface area contributed by atoms with Crippen LogP contribution in [0.1, 0.15) is 37.7 Å². The van der Waals surface area contributed by atoms with E-state index in [1.807, 2.05) is 6.07 Å². The molecule has 3 nitrogen and oxygen atoms in total. The van der Waals surface area contributed by atoms with Crippen LogP contribution in [0.15, 0.2) is 30.3 Å². The van der Waals surface area contributed by atoms with E-state index in [1.54, 1.807) is 0 Å². The normalized spacial score (nSPS) is 28.5. The maximum Gasteiger partial charge on any atom is 0.136 e. The number of hydrogen-bond donors (Lipinski definition) is 0. The maximum atomic E-state index is 12.5. The standard InChI is InChI=1S/C19H27NO2/c1-20-17-11-16(12-18(20)14-22-13-17)19(21)10-6-5-9-15-7-3-2-4-8-15/h2-4,7-8,16-18H,5-6,9-14H2,1H3. The van der Waals surface area contributed by atoms with Gasteiger partial charge >= 0.3 is 0 Å². The van der Waals surface area contributed by atoms with E-state index in [0.717, 1.165) is 51.7 Å². The monoisotopic (exact) mass is 301 g/mol. The number of morpholine rings is 1. The number of carbonyl (C=O) groups excluding carboxylic acids is 1. The number of rotatable bonds is 6. The van der Waals surface area contributed by atoms with Crippen molar-refractivity contribution in [3.05, 3.63) is 35.9 Å². The van der Waals surface area contributed by atoms with Crippen molar-refractivity contribution in [2.75, 3.05) is 20.3 Å². The van der Waals surface area contributed by atoms with Crippen molar-refractivity contribution in [3.63, 3.8) is 0 Å². The number of ether oxygens (including phenoxy) is 1. The van der Waals surface area contributed by atoms with Crippen molar-refractivity contribution in [1.29, 1.82) is 0 Å². The van der Waals surface area contributed by atoms with Crippen LogP contribution in [-0.2, 0) is 16.0 Å². The van der Waals surface area contributed by atoms with Crippen molar-refractivity contribution in [2.45, 2.75) is 50.6 Å². The zero-order valence-electron chi connectivity index (χ0n) is 13.5. The number of likely N-dealkylation sites (N-methyl/N-ethyl adjacent to an activating group) is 1. The average molecular weight is 301 g/mol. The molecule has 0 N–H and O–H groups in total. The second kappa shape index (κ2) is 7.38. The number of carbonyl (C=O) groups is 1. The molecule has 0 radical (unpaired) electrons. The van der Waals surface area contributed by atoms with Crippen LogP contribution >= 0.6 is 0 Å². The molecule has 22 heavy (non-hydrogen) atoms. The number of piperidine rings is 1. The molecule has 2 heterocycles. The summed E-state index contributed by atoms with van der Waals surface area (Å²) >= 11 is 0. The Morgan fingerprint density at radius 3 is 2.50 bits per heavy atom. The number of Topliss-reactive ketones (excluding diaryl/α,β-unsaturated/α-hetero) is 1. The number of hydrogen-bond acceptors (Lipinski definition) is 3. The summed E-state index contributed by atoms with van der Waals surface area (Å²) in [7, 11) is 2.18. The van der Waals surface area contributed by atoms with Gasteiger partial charge in [-0.3, -0.25) is 9.69 Å². The molecule has 3 heteroatoms. The van der Waals surface area contributed by atoms with Gasteiger partial charge in [-0.25, -0.2) is 0 Å². The second-order valence-corrected chi connectivity index (χ2v) is 6.84. The van der Waals surface area contributed by atoms with Crippen molar-refractivity contribution in [3.8, 4) is 0 Å². The Balaban J connectivity index is 1.41. The first-order valence-corrected chi connectivity index (χ1v) is 8.60. The van der Waals surface area contributed by atoms with Gasteiger partial charge in [-0.1, -0.05) is 30.3 Å². The lowest BCUT2D eigenvalue weighted by molar-refractivity contribution is -0.131. The molecular formula is C19H27NO2. The minimum absolute atomic E-state index is 0.270. The lowest BCUT2D eigenvalue weighted by Gasteiger charge is -2.46. The summed E-state index contributed by atoms with van der Waals surface area (Å²) in [5, 5.41) is 0. The topological polar surface area (TPSA) is 29.5 Å². The van der Waals surface area contributed by atoms with Gasteiger partial charge in [0.15, 0.2) is 0 Å². The minimum Gasteiger partial charge on any atom is -0.378 e. The van der Waals surface area contributed by atoms with Crippen LogP contribution in [0.25, 0.3) is 0 Å². The summed E-state index contributed by atoms with van der Waals surface area (Å²) in [5.74, 6) is 0.755. The zero-order valence-corrected chi connectivity index (χ0v) is 13.5. The van der Waals surface area contributed by atoms with E-state index >= 15 is 0 Å². The van der Waals surface area contributed by atoms with Gasteiger partial charge in [0, 0.05) is 24.4 Å². The first kappa shape index (κ1) is 15.7. The summed E-state index contributed by atoms with van der Waals surface area (Å²) in [6, 6.07) is 11.4. The van der Waals surface area contributed by atoms with Gasteiger partial charge in [0.25, 0.3) is 0 Å². The SMILES string of the molecule is CN1C2COCC1CC(C(=O)CCCCc1ccccc1)C2. The van der Waals surface area contributed by atoms with Crippen molar-refractivity contribution in [2.24, 2.45) is 5.92 Å². The summed E-state index contributed by atoms with van der Waals surface area (Å²) in [6.45, 7) is 1.59. The minimum atomic E-state index is 0.270. The molecule has 2 fully saturated rings. The second-order valence-electron chi connectivity index (χ2n) is 6.84. The Kier molecular flexibility index (Phi) is 5.27. The lowest BCUT2D eigenvalue weighted by atomic mass is 9.81. The fraction of sp³-hybridized carbons (Fsp3) is 0.632. The largest absolute Gasteiger partial charge is 0.378 e. The molecule has 1 aromatic rings. The van der Waals surface area contributed by atoms with E-state index < -0.39 is 0 Å². The van der Waals surface area contributed by atoms with Crippen LogP contribution in [0, 0.1) is 5.92 Å². The molecule has 2 aliphatic rings. The van der Waals surface area contributed by atoms with Gasteiger partial charge in [0.05, 0.1) is 13.2 Å². The highest BCUT2D eigenvalue weighted by atomic mass is 16.5.